The predicted molar refractivity (Wildman–Crippen MR) is 101 cm³/mol. The SMILES string of the molecule is O=C1NC(=S)NC(=O)C1=Cc1cccc(Oc2ccc(C(F)(F)F)cc2[N+](=O)[O-])c1. The summed E-state index contributed by atoms with van der Waals surface area (Å²) < 4.78 is 43.8. The maximum atomic E-state index is 12.8. The molecule has 2 aromatic rings. The van der Waals surface area contributed by atoms with Gasteiger partial charge in [0.25, 0.3) is 11.8 Å². The zero-order chi connectivity index (χ0) is 22.1. The smallest absolute Gasteiger partial charge is 0.416 e. The molecular formula is C18H10F3N3O5S. The van der Waals surface area contributed by atoms with Crippen molar-refractivity contribution in [3.05, 3.63) is 69.3 Å². The van der Waals surface area contributed by atoms with Gasteiger partial charge in [0.1, 0.15) is 11.3 Å². The van der Waals surface area contributed by atoms with Crippen LogP contribution in [0.5, 0.6) is 11.5 Å². The number of nitro groups is 1. The fraction of sp³-hybridized carbons (Fsp3) is 0.0556. The van der Waals surface area contributed by atoms with Crippen LogP contribution in [0.15, 0.2) is 48.0 Å². The largest absolute Gasteiger partial charge is 0.450 e. The Morgan fingerprint density at radius 3 is 2.33 bits per heavy atom. The van der Waals surface area contributed by atoms with E-state index in [9.17, 15) is 32.9 Å². The van der Waals surface area contributed by atoms with E-state index in [4.69, 9.17) is 17.0 Å². The van der Waals surface area contributed by atoms with Crippen LogP contribution < -0.4 is 15.4 Å². The molecule has 1 saturated heterocycles. The van der Waals surface area contributed by atoms with Crippen LogP contribution in [0.1, 0.15) is 11.1 Å². The molecule has 1 heterocycles. The summed E-state index contributed by atoms with van der Waals surface area (Å²) in [6.07, 6.45) is -3.51. The monoisotopic (exact) mass is 437 g/mol. The van der Waals surface area contributed by atoms with Gasteiger partial charge in [-0.2, -0.15) is 13.2 Å². The molecule has 1 fully saturated rings. The zero-order valence-corrected chi connectivity index (χ0v) is 15.5. The lowest BCUT2D eigenvalue weighted by atomic mass is 10.1. The highest BCUT2D eigenvalue weighted by molar-refractivity contribution is 7.80. The molecule has 1 aliphatic rings. The van der Waals surface area contributed by atoms with Gasteiger partial charge in [0.15, 0.2) is 5.11 Å². The van der Waals surface area contributed by atoms with E-state index in [1.54, 1.807) is 0 Å². The third-order valence-corrected chi connectivity index (χ3v) is 4.03. The highest BCUT2D eigenvalue weighted by Gasteiger charge is 2.33. The summed E-state index contributed by atoms with van der Waals surface area (Å²) in [4.78, 5) is 34.0. The van der Waals surface area contributed by atoms with Gasteiger partial charge < -0.3 is 4.74 Å². The molecule has 0 spiro atoms. The van der Waals surface area contributed by atoms with Crippen LogP contribution in [0.4, 0.5) is 18.9 Å². The molecule has 0 bridgehead atoms. The number of halogens is 3. The number of benzene rings is 2. The summed E-state index contributed by atoms with van der Waals surface area (Å²) in [6, 6.07) is 7.63. The maximum absolute atomic E-state index is 12.8. The van der Waals surface area contributed by atoms with Gasteiger partial charge >= 0.3 is 11.9 Å². The van der Waals surface area contributed by atoms with Gasteiger partial charge in [-0.3, -0.25) is 30.3 Å². The van der Waals surface area contributed by atoms with Gasteiger partial charge in [-0.15, -0.1) is 0 Å². The average molecular weight is 437 g/mol. The molecular weight excluding hydrogens is 427 g/mol. The minimum absolute atomic E-state index is 0.0411. The van der Waals surface area contributed by atoms with Gasteiger partial charge in [0, 0.05) is 6.07 Å². The van der Waals surface area contributed by atoms with Crippen molar-refractivity contribution < 1.29 is 32.4 Å². The number of nitrogens with zero attached hydrogens (tertiary/aromatic N) is 1. The number of carbonyl (C=O) groups excluding carboxylic acids is 2. The normalized spacial score (nSPS) is 14.1. The Hall–Kier alpha value is -3.80. The number of carbonyl (C=O) groups is 2. The lowest BCUT2D eigenvalue weighted by Gasteiger charge is -2.16. The third kappa shape index (κ3) is 4.60. The Morgan fingerprint density at radius 2 is 1.73 bits per heavy atom. The van der Waals surface area contributed by atoms with Crippen LogP contribution in [-0.2, 0) is 15.8 Å². The van der Waals surface area contributed by atoms with Crippen molar-refractivity contribution in [2.45, 2.75) is 6.18 Å². The van der Waals surface area contributed by atoms with Crippen molar-refractivity contribution in [1.82, 2.24) is 10.6 Å². The number of thiocarbonyl (C=S) groups is 1. The van der Waals surface area contributed by atoms with Crippen LogP contribution in [0.3, 0.4) is 0 Å². The fourth-order valence-electron chi connectivity index (χ4n) is 2.49. The molecule has 0 unspecified atom stereocenters. The fourth-order valence-corrected chi connectivity index (χ4v) is 2.68. The Morgan fingerprint density at radius 1 is 1.07 bits per heavy atom. The van der Waals surface area contributed by atoms with E-state index < -0.39 is 39.9 Å². The highest BCUT2D eigenvalue weighted by Crippen LogP contribution is 2.38. The average Bonchev–Trinajstić information content (AvgIpc) is 2.64. The molecule has 2 N–H and O–H groups in total. The summed E-state index contributed by atoms with van der Waals surface area (Å²) in [5.74, 6) is -1.79. The molecule has 0 atom stereocenters. The molecule has 0 aliphatic carbocycles. The number of nitrogens with one attached hydrogen (secondary N) is 2. The summed E-state index contributed by atoms with van der Waals surface area (Å²) in [6.45, 7) is 0. The third-order valence-electron chi connectivity index (χ3n) is 3.82. The zero-order valence-electron chi connectivity index (χ0n) is 14.6. The van der Waals surface area contributed by atoms with Crippen LogP contribution in [0, 0.1) is 10.1 Å². The second-order valence-electron chi connectivity index (χ2n) is 5.91. The van der Waals surface area contributed by atoms with E-state index >= 15 is 0 Å². The van der Waals surface area contributed by atoms with E-state index in [0.717, 1.165) is 6.07 Å². The maximum Gasteiger partial charge on any atom is 0.416 e. The van der Waals surface area contributed by atoms with Crippen LogP contribution in [0.25, 0.3) is 6.08 Å². The molecule has 0 aromatic heterocycles. The number of hydrogen-bond acceptors (Lipinski definition) is 6. The van der Waals surface area contributed by atoms with Crippen LogP contribution in [-0.4, -0.2) is 21.9 Å². The Kier molecular flexibility index (Phi) is 5.52. The molecule has 154 valence electrons. The van der Waals surface area contributed by atoms with Crippen molar-refractivity contribution in [3.8, 4) is 11.5 Å². The summed E-state index contributed by atoms with van der Waals surface area (Å²) in [7, 11) is 0. The summed E-state index contributed by atoms with van der Waals surface area (Å²) in [5, 5.41) is 15.6. The predicted octanol–water partition coefficient (Wildman–Crippen LogP) is 3.32. The van der Waals surface area contributed by atoms with Crippen molar-refractivity contribution in [2.75, 3.05) is 0 Å². The van der Waals surface area contributed by atoms with Crippen molar-refractivity contribution >= 4 is 40.9 Å². The first kappa shape index (κ1) is 20.9. The van der Waals surface area contributed by atoms with Crippen LogP contribution in [0.2, 0.25) is 0 Å². The quantitative estimate of drug-likeness (QED) is 0.250. The molecule has 1 aliphatic heterocycles. The molecule has 3 rings (SSSR count). The van der Waals surface area contributed by atoms with Gasteiger partial charge in [-0.05, 0) is 48.1 Å². The van der Waals surface area contributed by atoms with Gasteiger partial charge in [0.2, 0.25) is 5.75 Å². The first-order valence-electron chi connectivity index (χ1n) is 8.06. The van der Waals surface area contributed by atoms with Crippen molar-refractivity contribution in [1.29, 1.82) is 0 Å². The Balaban J connectivity index is 1.92. The minimum atomic E-state index is -4.75. The van der Waals surface area contributed by atoms with E-state index in [-0.39, 0.29) is 16.4 Å². The van der Waals surface area contributed by atoms with Gasteiger partial charge in [-0.1, -0.05) is 12.1 Å². The number of nitro benzene ring substituents is 1. The van der Waals surface area contributed by atoms with Crippen molar-refractivity contribution in [3.63, 3.8) is 0 Å². The highest BCUT2D eigenvalue weighted by atomic mass is 32.1. The molecule has 8 nitrogen and oxygen atoms in total. The topological polar surface area (TPSA) is 111 Å². The summed E-state index contributed by atoms with van der Waals surface area (Å²) >= 11 is 4.70. The molecule has 0 saturated carbocycles. The van der Waals surface area contributed by atoms with Crippen LogP contribution >= 0.6 is 12.2 Å². The van der Waals surface area contributed by atoms with Gasteiger partial charge in [0.05, 0.1) is 10.5 Å². The Bertz CT molecular complexity index is 1090. The number of amides is 2. The molecule has 12 heteroatoms. The summed E-state index contributed by atoms with van der Waals surface area (Å²) in [5.41, 5.74) is -1.96. The van der Waals surface area contributed by atoms with E-state index in [2.05, 4.69) is 10.6 Å². The minimum Gasteiger partial charge on any atom is -0.450 e. The number of rotatable bonds is 4. The second-order valence-corrected chi connectivity index (χ2v) is 6.32. The first-order valence-corrected chi connectivity index (χ1v) is 8.47. The molecule has 2 amide bonds. The molecule has 2 aromatic carbocycles. The standard InChI is InChI=1S/C18H10F3N3O5S/c19-18(20,21)10-4-5-14(13(8-10)24(27)28)29-11-3-1-2-9(6-11)7-12-15(25)22-17(30)23-16(12)26/h1-8H,(H2,22,23,25,26,30). The van der Waals surface area contributed by atoms with E-state index in [1.165, 1.54) is 30.3 Å². The van der Waals surface area contributed by atoms with E-state index in [1.807, 2.05) is 0 Å². The lowest BCUT2D eigenvalue weighted by Crippen LogP contribution is -2.51. The second kappa shape index (κ2) is 7.91. The van der Waals surface area contributed by atoms with Crippen molar-refractivity contribution in [2.24, 2.45) is 0 Å². The van der Waals surface area contributed by atoms with Gasteiger partial charge in [-0.25, -0.2) is 0 Å². The molecule has 30 heavy (non-hydrogen) atoms. The Labute approximate surface area is 171 Å². The van der Waals surface area contributed by atoms with E-state index in [0.29, 0.717) is 17.7 Å². The number of alkyl halides is 3. The lowest BCUT2D eigenvalue weighted by molar-refractivity contribution is -0.385. The number of hydrogen-bond donors (Lipinski definition) is 2. The first-order chi connectivity index (χ1) is 14.0. The molecule has 0 radical (unpaired) electrons. The number of ether oxygens (including phenoxy) is 1.